The van der Waals surface area contributed by atoms with Crippen molar-refractivity contribution in [3.63, 3.8) is 0 Å². The Labute approximate surface area is 160 Å². The highest BCUT2D eigenvalue weighted by Gasteiger charge is 2.11. The first-order valence-corrected chi connectivity index (χ1v) is 10.2. The van der Waals surface area contributed by atoms with Gasteiger partial charge in [-0.05, 0) is 51.1 Å². The second kappa shape index (κ2) is 9.14. The predicted octanol–water partition coefficient (Wildman–Crippen LogP) is 3.90. The number of amides is 1. The number of carbonyl (C=O) groups is 1. The molecule has 0 spiro atoms. The van der Waals surface area contributed by atoms with E-state index in [0.29, 0.717) is 6.54 Å². The van der Waals surface area contributed by atoms with Crippen LogP contribution in [0.15, 0.2) is 30.5 Å². The van der Waals surface area contributed by atoms with Crippen LogP contribution in [0, 0.1) is 6.92 Å². The predicted molar refractivity (Wildman–Crippen MR) is 109 cm³/mol. The van der Waals surface area contributed by atoms with Gasteiger partial charge in [-0.25, -0.2) is 4.98 Å². The fraction of sp³-hybridized carbons (Fsp3) is 0.500. The minimum Gasteiger partial charge on any atom is -0.372 e. The van der Waals surface area contributed by atoms with Crippen LogP contribution in [0.2, 0.25) is 0 Å². The summed E-state index contributed by atoms with van der Waals surface area (Å²) in [7, 11) is 1.96. The Kier molecular flexibility index (Phi) is 6.63. The number of thiazole rings is 1. The minimum atomic E-state index is 0.0104. The molecule has 140 valence electrons. The average Bonchev–Trinajstić information content (AvgIpc) is 2.85. The fourth-order valence-electron chi connectivity index (χ4n) is 3.33. The molecule has 0 bridgehead atoms. The monoisotopic (exact) mass is 372 g/mol. The Morgan fingerprint density at radius 2 is 1.88 bits per heavy atom. The van der Waals surface area contributed by atoms with E-state index in [9.17, 15) is 4.79 Å². The molecule has 0 atom stereocenters. The Morgan fingerprint density at radius 1 is 1.19 bits per heavy atom. The molecule has 1 amide bonds. The lowest BCUT2D eigenvalue weighted by atomic mass is 10.2. The van der Waals surface area contributed by atoms with Crippen molar-refractivity contribution >= 4 is 28.6 Å². The van der Waals surface area contributed by atoms with Crippen molar-refractivity contribution in [2.45, 2.75) is 39.2 Å². The molecule has 1 saturated heterocycles. The van der Waals surface area contributed by atoms with Crippen molar-refractivity contribution in [2.75, 3.05) is 36.9 Å². The van der Waals surface area contributed by atoms with E-state index in [-0.39, 0.29) is 5.91 Å². The Balaban J connectivity index is 1.49. The molecule has 1 aliphatic rings. The van der Waals surface area contributed by atoms with E-state index < -0.39 is 0 Å². The summed E-state index contributed by atoms with van der Waals surface area (Å²) >= 11 is 1.67. The van der Waals surface area contributed by atoms with Crippen LogP contribution < -0.4 is 10.2 Å². The van der Waals surface area contributed by atoms with Crippen molar-refractivity contribution in [3.8, 4) is 0 Å². The van der Waals surface area contributed by atoms with E-state index in [1.807, 2.05) is 37.2 Å². The van der Waals surface area contributed by atoms with Gasteiger partial charge < -0.3 is 10.2 Å². The highest BCUT2D eigenvalue weighted by Crippen LogP contribution is 2.21. The first-order valence-electron chi connectivity index (χ1n) is 9.35. The van der Waals surface area contributed by atoms with Gasteiger partial charge in [0.05, 0.1) is 11.6 Å². The lowest BCUT2D eigenvalue weighted by Gasteiger charge is -2.23. The third-order valence-electron chi connectivity index (χ3n) is 4.63. The van der Waals surface area contributed by atoms with Gasteiger partial charge in [-0.2, -0.15) is 0 Å². The van der Waals surface area contributed by atoms with Gasteiger partial charge in [0.2, 0.25) is 5.91 Å². The third-order valence-corrected chi connectivity index (χ3v) is 5.53. The number of hydrogen-bond donors (Lipinski definition) is 1. The Hall–Kier alpha value is -1.92. The number of aromatic nitrogens is 1. The average molecular weight is 373 g/mol. The summed E-state index contributed by atoms with van der Waals surface area (Å²) in [6.07, 6.45) is 7.09. The molecule has 2 heterocycles. The zero-order chi connectivity index (χ0) is 18.4. The van der Waals surface area contributed by atoms with Crippen molar-refractivity contribution in [2.24, 2.45) is 0 Å². The molecule has 1 aromatic carbocycles. The number of likely N-dealkylation sites (N-methyl/N-ethyl adjacent to an activating group) is 1. The van der Waals surface area contributed by atoms with Crippen molar-refractivity contribution in [3.05, 3.63) is 40.3 Å². The van der Waals surface area contributed by atoms with E-state index in [2.05, 4.69) is 27.3 Å². The molecule has 6 heteroatoms. The maximum atomic E-state index is 12.3. The SMILES string of the molecule is Cc1ncc(CN(C)CC(=O)Nc2ccc(N3CCCCCC3)cc2)s1. The number of anilines is 2. The summed E-state index contributed by atoms with van der Waals surface area (Å²) in [5.74, 6) is 0.0104. The normalized spacial score (nSPS) is 15.1. The van der Waals surface area contributed by atoms with Crippen LogP contribution in [0.5, 0.6) is 0 Å². The molecule has 2 aromatic rings. The molecule has 5 nitrogen and oxygen atoms in total. The molecule has 1 N–H and O–H groups in total. The molecule has 0 radical (unpaired) electrons. The van der Waals surface area contributed by atoms with Gasteiger partial charge >= 0.3 is 0 Å². The highest BCUT2D eigenvalue weighted by atomic mass is 32.1. The van der Waals surface area contributed by atoms with Crippen LogP contribution in [-0.2, 0) is 11.3 Å². The van der Waals surface area contributed by atoms with Crippen LogP contribution in [0.4, 0.5) is 11.4 Å². The summed E-state index contributed by atoms with van der Waals surface area (Å²) in [4.78, 5) is 22.2. The number of carbonyl (C=O) groups excluding carboxylic acids is 1. The standard InChI is InChI=1S/C20H28N4OS/c1-16-21-13-19(26-16)14-23(2)15-20(25)22-17-7-9-18(10-8-17)24-11-5-3-4-6-12-24/h7-10,13H,3-6,11-12,14-15H2,1-2H3,(H,22,25). The van der Waals surface area contributed by atoms with Gasteiger partial charge in [0.1, 0.15) is 0 Å². The van der Waals surface area contributed by atoms with Gasteiger partial charge in [0.25, 0.3) is 0 Å². The lowest BCUT2D eigenvalue weighted by Crippen LogP contribution is -2.29. The van der Waals surface area contributed by atoms with Crippen LogP contribution in [-0.4, -0.2) is 42.5 Å². The molecule has 26 heavy (non-hydrogen) atoms. The van der Waals surface area contributed by atoms with Crippen molar-refractivity contribution in [1.29, 1.82) is 0 Å². The zero-order valence-electron chi connectivity index (χ0n) is 15.7. The number of rotatable bonds is 6. The second-order valence-corrected chi connectivity index (χ2v) is 8.33. The smallest absolute Gasteiger partial charge is 0.238 e. The molecule has 0 saturated carbocycles. The largest absolute Gasteiger partial charge is 0.372 e. The van der Waals surface area contributed by atoms with E-state index in [4.69, 9.17) is 0 Å². The van der Waals surface area contributed by atoms with Crippen LogP contribution >= 0.6 is 11.3 Å². The Morgan fingerprint density at radius 3 is 2.50 bits per heavy atom. The third kappa shape index (κ3) is 5.54. The summed E-state index contributed by atoms with van der Waals surface area (Å²) in [6, 6.07) is 8.24. The van der Waals surface area contributed by atoms with Crippen LogP contribution in [0.25, 0.3) is 0 Å². The molecular weight excluding hydrogens is 344 g/mol. The van der Waals surface area contributed by atoms with E-state index in [1.165, 1.54) is 36.2 Å². The minimum absolute atomic E-state index is 0.0104. The molecule has 3 rings (SSSR count). The molecule has 0 aliphatic carbocycles. The molecule has 1 fully saturated rings. The number of aryl methyl sites for hydroxylation is 1. The number of nitrogens with one attached hydrogen (secondary N) is 1. The first kappa shape index (κ1) is 18.9. The van der Waals surface area contributed by atoms with Gasteiger partial charge in [-0.15, -0.1) is 11.3 Å². The van der Waals surface area contributed by atoms with Crippen LogP contribution in [0.3, 0.4) is 0 Å². The second-order valence-electron chi connectivity index (χ2n) is 7.01. The van der Waals surface area contributed by atoms with E-state index >= 15 is 0 Å². The maximum absolute atomic E-state index is 12.3. The zero-order valence-corrected chi connectivity index (χ0v) is 16.5. The molecule has 1 aliphatic heterocycles. The lowest BCUT2D eigenvalue weighted by molar-refractivity contribution is -0.117. The van der Waals surface area contributed by atoms with Gasteiger partial charge in [-0.1, -0.05) is 12.8 Å². The summed E-state index contributed by atoms with van der Waals surface area (Å²) in [5.41, 5.74) is 2.11. The highest BCUT2D eigenvalue weighted by molar-refractivity contribution is 7.11. The summed E-state index contributed by atoms with van der Waals surface area (Å²) < 4.78 is 0. The van der Waals surface area contributed by atoms with Crippen molar-refractivity contribution < 1.29 is 4.79 Å². The first-order chi connectivity index (χ1) is 12.6. The number of hydrogen-bond acceptors (Lipinski definition) is 5. The summed E-state index contributed by atoms with van der Waals surface area (Å²) in [5, 5.41) is 4.05. The topological polar surface area (TPSA) is 48.5 Å². The van der Waals surface area contributed by atoms with E-state index in [1.54, 1.807) is 11.3 Å². The molecule has 1 aromatic heterocycles. The summed E-state index contributed by atoms with van der Waals surface area (Å²) in [6.45, 7) is 5.37. The maximum Gasteiger partial charge on any atom is 0.238 e. The van der Waals surface area contributed by atoms with Crippen LogP contribution in [0.1, 0.15) is 35.6 Å². The van der Waals surface area contributed by atoms with E-state index in [0.717, 1.165) is 30.3 Å². The fourth-order valence-corrected chi connectivity index (χ4v) is 4.21. The number of nitrogens with zero attached hydrogens (tertiary/aromatic N) is 3. The number of benzene rings is 1. The molecule has 0 unspecified atom stereocenters. The molecular formula is C20H28N4OS. The quantitative estimate of drug-likeness (QED) is 0.835. The Bertz CT molecular complexity index is 705. The van der Waals surface area contributed by atoms with Gasteiger partial charge in [0, 0.05) is 42.1 Å². The van der Waals surface area contributed by atoms with Gasteiger partial charge in [0.15, 0.2) is 0 Å². The van der Waals surface area contributed by atoms with Crippen molar-refractivity contribution in [1.82, 2.24) is 9.88 Å². The van der Waals surface area contributed by atoms with Gasteiger partial charge in [-0.3, -0.25) is 9.69 Å².